The van der Waals surface area contributed by atoms with Crippen molar-refractivity contribution in [3.05, 3.63) is 53.1 Å². The van der Waals surface area contributed by atoms with Crippen LogP contribution in [0.1, 0.15) is 48.7 Å². The molecule has 1 saturated heterocycles. The van der Waals surface area contributed by atoms with Gasteiger partial charge in [-0.1, -0.05) is 30.7 Å². The van der Waals surface area contributed by atoms with Crippen LogP contribution in [0.3, 0.4) is 0 Å². The molecule has 5 nitrogen and oxygen atoms in total. The fraction of sp³-hybridized carbons (Fsp3) is 0.524. The molecule has 0 aliphatic carbocycles. The Morgan fingerprint density at radius 2 is 2.23 bits per heavy atom. The zero-order valence-electron chi connectivity index (χ0n) is 16.1. The van der Waals surface area contributed by atoms with E-state index in [4.69, 9.17) is 4.74 Å². The van der Waals surface area contributed by atoms with Gasteiger partial charge in [-0.3, -0.25) is 4.79 Å². The van der Waals surface area contributed by atoms with Gasteiger partial charge in [0.1, 0.15) is 5.82 Å². The van der Waals surface area contributed by atoms with Crippen LogP contribution in [0.25, 0.3) is 0 Å². The lowest BCUT2D eigenvalue weighted by molar-refractivity contribution is -0.133. The van der Waals surface area contributed by atoms with Crippen molar-refractivity contribution in [3.8, 4) is 0 Å². The third-order valence-corrected chi connectivity index (χ3v) is 5.08. The summed E-state index contributed by atoms with van der Waals surface area (Å²) >= 11 is 0. The number of rotatable bonds is 7. The van der Waals surface area contributed by atoms with Crippen molar-refractivity contribution in [2.45, 2.75) is 59.2 Å². The average Bonchev–Trinajstić information content (AvgIpc) is 3.29. The molecule has 0 saturated carbocycles. The number of imidazole rings is 1. The lowest BCUT2D eigenvalue weighted by atomic mass is 10.1. The van der Waals surface area contributed by atoms with E-state index in [1.807, 2.05) is 24.2 Å². The number of nitrogens with zero attached hydrogens (tertiary/aromatic N) is 3. The molecule has 2 heterocycles. The lowest BCUT2D eigenvalue weighted by Crippen LogP contribution is -2.37. The van der Waals surface area contributed by atoms with Crippen LogP contribution in [0, 0.1) is 13.8 Å². The molecule has 1 aromatic carbocycles. The van der Waals surface area contributed by atoms with Gasteiger partial charge in [0.2, 0.25) is 5.91 Å². The Bertz CT molecular complexity index is 747. The second-order valence-electron chi connectivity index (χ2n) is 7.16. The standard InChI is InChI=1S/C21H29N3O2/c1-4-21(25)24(14-19-6-5-11-26-19)15-20-22-9-10-23(20)13-18-12-16(2)7-8-17(18)3/h7-10,12,19H,4-6,11,13-15H2,1-3H3. The number of aryl methyl sites for hydroxylation is 2. The van der Waals surface area contributed by atoms with Gasteiger partial charge in [0, 0.05) is 38.5 Å². The predicted molar refractivity (Wildman–Crippen MR) is 102 cm³/mol. The summed E-state index contributed by atoms with van der Waals surface area (Å²) in [6.45, 7) is 8.93. The average molecular weight is 355 g/mol. The molecule has 1 fully saturated rings. The molecule has 1 amide bonds. The van der Waals surface area contributed by atoms with Gasteiger partial charge in [-0.2, -0.15) is 0 Å². The van der Waals surface area contributed by atoms with E-state index in [9.17, 15) is 4.79 Å². The van der Waals surface area contributed by atoms with Crippen LogP contribution in [-0.4, -0.2) is 39.6 Å². The maximum atomic E-state index is 12.4. The molecule has 1 aromatic heterocycles. The molecular formula is C21H29N3O2. The number of aromatic nitrogens is 2. The predicted octanol–water partition coefficient (Wildman–Crippen LogP) is 3.47. The van der Waals surface area contributed by atoms with Crippen molar-refractivity contribution in [1.82, 2.24) is 14.5 Å². The summed E-state index contributed by atoms with van der Waals surface area (Å²) in [5.41, 5.74) is 3.82. The molecule has 1 aliphatic rings. The number of hydrogen-bond donors (Lipinski definition) is 0. The monoisotopic (exact) mass is 355 g/mol. The van der Waals surface area contributed by atoms with E-state index in [2.05, 4.69) is 41.6 Å². The van der Waals surface area contributed by atoms with Crippen molar-refractivity contribution in [2.75, 3.05) is 13.2 Å². The van der Waals surface area contributed by atoms with E-state index < -0.39 is 0 Å². The summed E-state index contributed by atoms with van der Waals surface area (Å²) in [7, 11) is 0. The number of carbonyl (C=O) groups excluding carboxylic acids is 1. The largest absolute Gasteiger partial charge is 0.376 e. The van der Waals surface area contributed by atoms with Crippen molar-refractivity contribution >= 4 is 5.91 Å². The Labute approximate surface area is 156 Å². The molecule has 5 heteroatoms. The molecule has 0 radical (unpaired) electrons. The SMILES string of the molecule is CCC(=O)N(Cc1nccn1Cc1cc(C)ccc1C)CC1CCCO1. The Balaban J connectivity index is 1.75. The van der Waals surface area contributed by atoms with Gasteiger partial charge in [0.25, 0.3) is 0 Å². The van der Waals surface area contributed by atoms with Gasteiger partial charge < -0.3 is 14.2 Å². The number of hydrogen-bond acceptors (Lipinski definition) is 3. The molecular weight excluding hydrogens is 326 g/mol. The fourth-order valence-electron chi connectivity index (χ4n) is 3.47. The van der Waals surface area contributed by atoms with Crippen LogP contribution >= 0.6 is 0 Å². The minimum atomic E-state index is 0.154. The van der Waals surface area contributed by atoms with E-state index in [-0.39, 0.29) is 12.0 Å². The van der Waals surface area contributed by atoms with Gasteiger partial charge in [0.15, 0.2) is 0 Å². The Hall–Kier alpha value is -2.14. The van der Waals surface area contributed by atoms with Crippen LogP contribution in [0.4, 0.5) is 0 Å². The minimum absolute atomic E-state index is 0.154. The van der Waals surface area contributed by atoms with Crippen LogP contribution < -0.4 is 0 Å². The fourth-order valence-corrected chi connectivity index (χ4v) is 3.47. The third-order valence-electron chi connectivity index (χ3n) is 5.08. The number of carbonyl (C=O) groups is 1. The third kappa shape index (κ3) is 4.52. The van der Waals surface area contributed by atoms with Crippen molar-refractivity contribution in [2.24, 2.45) is 0 Å². The molecule has 2 aromatic rings. The van der Waals surface area contributed by atoms with Gasteiger partial charge >= 0.3 is 0 Å². The molecule has 0 spiro atoms. The van der Waals surface area contributed by atoms with Gasteiger partial charge in [0.05, 0.1) is 12.6 Å². The first kappa shape index (κ1) is 18.6. The van der Waals surface area contributed by atoms with Crippen LogP contribution in [0.15, 0.2) is 30.6 Å². The molecule has 3 rings (SSSR count). The molecule has 0 bridgehead atoms. The maximum Gasteiger partial charge on any atom is 0.222 e. The van der Waals surface area contributed by atoms with Crippen molar-refractivity contribution in [3.63, 3.8) is 0 Å². The quantitative estimate of drug-likeness (QED) is 0.764. The molecule has 1 atom stereocenters. The van der Waals surface area contributed by atoms with Gasteiger partial charge in [-0.05, 0) is 37.8 Å². The first-order chi connectivity index (χ1) is 12.6. The minimum Gasteiger partial charge on any atom is -0.376 e. The van der Waals surface area contributed by atoms with Gasteiger partial charge in [-0.15, -0.1) is 0 Å². The highest BCUT2D eigenvalue weighted by atomic mass is 16.5. The highest BCUT2D eigenvalue weighted by Gasteiger charge is 2.23. The summed E-state index contributed by atoms with van der Waals surface area (Å²) < 4.78 is 7.88. The van der Waals surface area contributed by atoms with E-state index in [0.717, 1.165) is 31.8 Å². The highest BCUT2D eigenvalue weighted by Crippen LogP contribution is 2.17. The van der Waals surface area contributed by atoms with Crippen molar-refractivity contribution in [1.29, 1.82) is 0 Å². The Morgan fingerprint density at radius 1 is 1.38 bits per heavy atom. The summed E-state index contributed by atoms with van der Waals surface area (Å²) in [5, 5.41) is 0. The number of ether oxygens (including phenoxy) is 1. The van der Waals surface area contributed by atoms with Crippen LogP contribution in [0.2, 0.25) is 0 Å². The molecule has 1 unspecified atom stereocenters. The van der Waals surface area contributed by atoms with E-state index in [1.54, 1.807) is 0 Å². The van der Waals surface area contributed by atoms with Crippen LogP contribution in [-0.2, 0) is 22.6 Å². The summed E-state index contributed by atoms with van der Waals surface area (Å²) in [6.07, 6.45) is 6.60. The first-order valence-corrected chi connectivity index (χ1v) is 9.52. The second kappa shape index (κ2) is 8.49. The van der Waals surface area contributed by atoms with E-state index in [1.165, 1.54) is 16.7 Å². The summed E-state index contributed by atoms with van der Waals surface area (Å²) in [6, 6.07) is 6.52. The van der Waals surface area contributed by atoms with E-state index in [0.29, 0.717) is 19.5 Å². The molecule has 140 valence electrons. The summed E-state index contributed by atoms with van der Waals surface area (Å²) in [5.74, 6) is 1.08. The zero-order valence-corrected chi connectivity index (χ0v) is 16.1. The molecule has 26 heavy (non-hydrogen) atoms. The van der Waals surface area contributed by atoms with Crippen molar-refractivity contribution < 1.29 is 9.53 Å². The Kier molecular flexibility index (Phi) is 6.09. The van der Waals surface area contributed by atoms with Gasteiger partial charge in [-0.25, -0.2) is 4.98 Å². The zero-order chi connectivity index (χ0) is 18.5. The maximum absolute atomic E-state index is 12.4. The van der Waals surface area contributed by atoms with E-state index >= 15 is 0 Å². The normalized spacial score (nSPS) is 16.8. The first-order valence-electron chi connectivity index (χ1n) is 9.52. The van der Waals surface area contributed by atoms with Crippen LogP contribution in [0.5, 0.6) is 0 Å². The number of benzene rings is 1. The Morgan fingerprint density at radius 3 is 2.96 bits per heavy atom. The highest BCUT2D eigenvalue weighted by molar-refractivity contribution is 5.75. The molecule has 0 N–H and O–H groups in total. The summed E-state index contributed by atoms with van der Waals surface area (Å²) in [4.78, 5) is 18.9. The lowest BCUT2D eigenvalue weighted by Gasteiger charge is -2.25. The topological polar surface area (TPSA) is 47.4 Å². The number of amides is 1. The second-order valence-corrected chi connectivity index (χ2v) is 7.16. The smallest absolute Gasteiger partial charge is 0.222 e. The molecule has 1 aliphatic heterocycles.